The van der Waals surface area contributed by atoms with Crippen LogP contribution in [0.3, 0.4) is 0 Å². The minimum atomic E-state index is -3.32. The Morgan fingerprint density at radius 3 is 2.27 bits per heavy atom. The molecule has 1 N–H and O–H groups in total. The highest BCUT2D eigenvalue weighted by Gasteiger charge is 2.22. The molecule has 0 saturated heterocycles. The molecule has 0 aliphatic rings. The molecule has 0 bridgehead atoms. The van der Waals surface area contributed by atoms with Crippen LogP contribution in [0.1, 0.15) is 10.4 Å². The van der Waals surface area contributed by atoms with E-state index in [-0.39, 0.29) is 10.2 Å². The number of benzene rings is 2. The van der Waals surface area contributed by atoms with Crippen LogP contribution in [-0.4, -0.2) is 14.3 Å². The highest BCUT2D eigenvalue weighted by Crippen LogP contribution is 2.23. The van der Waals surface area contributed by atoms with Crippen LogP contribution in [0.15, 0.2) is 39.7 Å². The first-order chi connectivity index (χ1) is 10.3. The third-order valence-corrected chi connectivity index (χ3v) is 4.02. The predicted molar refractivity (Wildman–Crippen MR) is 77.0 cm³/mol. The second-order valence-corrected chi connectivity index (χ2v) is 5.95. The molecule has 0 aromatic heterocycles. The second-order valence-electron chi connectivity index (χ2n) is 4.10. The van der Waals surface area contributed by atoms with Crippen molar-refractivity contribution in [2.75, 3.05) is 5.32 Å². The van der Waals surface area contributed by atoms with Gasteiger partial charge in [0.15, 0.2) is 16.5 Å². The second kappa shape index (κ2) is 6.49. The van der Waals surface area contributed by atoms with Crippen LogP contribution in [0.4, 0.5) is 18.9 Å². The molecule has 0 aliphatic heterocycles. The standard InChI is InChI=1S/C13H7BrF3NO3S/c14-7-5-6(1-2-8(7)15)18-13(19)11-9(16)3-4-10(12(11)17)22(20)21/h1-5,22H,(H,18,19). The molecule has 2 aromatic carbocycles. The summed E-state index contributed by atoms with van der Waals surface area (Å²) in [4.78, 5) is 11.1. The highest BCUT2D eigenvalue weighted by molar-refractivity contribution is 9.10. The largest absolute Gasteiger partial charge is 0.322 e. The van der Waals surface area contributed by atoms with Crippen LogP contribution in [0.5, 0.6) is 0 Å². The molecule has 0 unspecified atom stereocenters. The summed E-state index contributed by atoms with van der Waals surface area (Å²) < 4.78 is 62.4. The van der Waals surface area contributed by atoms with Gasteiger partial charge in [0.25, 0.3) is 5.91 Å². The molecule has 4 nitrogen and oxygen atoms in total. The fraction of sp³-hybridized carbons (Fsp3) is 0. The van der Waals surface area contributed by atoms with Crippen molar-refractivity contribution in [3.63, 3.8) is 0 Å². The number of carbonyl (C=O) groups is 1. The van der Waals surface area contributed by atoms with Gasteiger partial charge >= 0.3 is 0 Å². The fourth-order valence-corrected chi connectivity index (χ4v) is 2.51. The van der Waals surface area contributed by atoms with E-state index in [4.69, 9.17) is 0 Å². The van der Waals surface area contributed by atoms with Crippen molar-refractivity contribution in [1.29, 1.82) is 0 Å². The lowest BCUT2D eigenvalue weighted by Gasteiger charge is -2.08. The van der Waals surface area contributed by atoms with E-state index in [9.17, 15) is 26.4 Å². The highest BCUT2D eigenvalue weighted by atomic mass is 79.9. The Labute approximate surface area is 133 Å². The van der Waals surface area contributed by atoms with Crippen molar-refractivity contribution < 1.29 is 26.4 Å². The van der Waals surface area contributed by atoms with Crippen LogP contribution in [0.25, 0.3) is 0 Å². The van der Waals surface area contributed by atoms with Gasteiger partial charge in [0.2, 0.25) is 0 Å². The first-order valence-electron chi connectivity index (χ1n) is 5.70. The Kier molecular flexibility index (Phi) is 4.87. The Hall–Kier alpha value is -1.87. The van der Waals surface area contributed by atoms with Crippen molar-refractivity contribution in [3.8, 4) is 0 Å². The number of hydrogen-bond acceptors (Lipinski definition) is 3. The molecule has 22 heavy (non-hydrogen) atoms. The summed E-state index contributed by atoms with van der Waals surface area (Å²) >= 11 is 2.90. The van der Waals surface area contributed by atoms with Crippen molar-refractivity contribution in [3.05, 3.63) is 57.8 Å². The van der Waals surface area contributed by atoms with Gasteiger partial charge < -0.3 is 5.32 Å². The van der Waals surface area contributed by atoms with Gasteiger partial charge in [0.1, 0.15) is 22.1 Å². The molecule has 2 rings (SSSR count). The first kappa shape index (κ1) is 16.5. The Balaban J connectivity index is 2.41. The zero-order valence-electron chi connectivity index (χ0n) is 10.6. The van der Waals surface area contributed by atoms with E-state index in [0.717, 1.165) is 12.1 Å². The van der Waals surface area contributed by atoms with Crippen molar-refractivity contribution >= 4 is 38.2 Å². The van der Waals surface area contributed by atoms with E-state index >= 15 is 0 Å². The third-order valence-electron chi connectivity index (χ3n) is 2.67. The van der Waals surface area contributed by atoms with Crippen LogP contribution < -0.4 is 5.32 Å². The average Bonchev–Trinajstić information content (AvgIpc) is 2.42. The quantitative estimate of drug-likeness (QED) is 0.787. The minimum absolute atomic E-state index is 0.0441. The summed E-state index contributed by atoms with van der Waals surface area (Å²) in [6.07, 6.45) is 0. The van der Waals surface area contributed by atoms with Crippen molar-refractivity contribution in [2.24, 2.45) is 0 Å². The Bertz CT molecular complexity index is 832. The molecule has 2 aromatic rings. The lowest BCUT2D eigenvalue weighted by Crippen LogP contribution is -2.17. The van der Waals surface area contributed by atoms with Crippen LogP contribution in [0, 0.1) is 17.5 Å². The van der Waals surface area contributed by atoms with E-state index in [1.807, 2.05) is 0 Å². The lowest BCUT2D eigenvalue weighted by atomic mass is 10.1. The topological polar surface area (TPSA) is 63.2 Å². The Morgan fingerprint density at radius 1 is 1.05 bits per heavy atom. The first-order valence-corrected chi connectivity index (χ1v) is 7.67. The minimum Gasteiger partial charge on any atom is -0.322 e. The normalized spacial score (nSPS) is 10.8. The van der Waals surface area contributed by atoms with E-state index in [1.54, 1.807) is 0 Å². The summed E-state index contributed by atoms with van der Waals surface area (Å²) in [5, 5.41) is 2.16. The van der Waals surface area contributed by atoms with E-state index in [0.29, 0.717) is 6.07 Å². The smallest absolute Gasteiger partial charge is 0.261 e. The molecule has 0 fully saturated rings. The lowest BCUT2D eigenvalue weighted by molar-refractivity contribution is 0.101. The van der Waals surface area contributed by atoms with E-state index in [1.165, 1.54) is 12.1 Å². The molecule has 0 saturated carbocycles. The number of nitrogens with one attached hydrogen (secondary N) is 1. The molecule has 0 aliphatic carbocycles. The van der Waals surface area contributed by atoms with E-state index in [2.05, 4.69) is 21.2 Å². The van der Waals surface area contributed by atoms with Gasteiger partial charge in [-0.05, 0) is 46.3 Å². The van der Waals surface area contributed by atoms with Gasteiger partial charge in [0.05, 0.1) is 4.47 Å². The number of halogens is 4. The Morgan fingerprint density at radius 2 is 1.68 bits per heavy atom. The van der Waals surface area contributed by atoms with Gasteiger partial charge in [-0.3, -0.25) is 4.79 Å². The molecule has 116 valence electrons. The van der Waals surface area contributed by atoms with Gasteiger partial charge in [-0.1, -0.05) is 0 Å². The fourth-order valence-electron chi connectivity index (χ4n) is 1.66. The third kappa shape index (κ3) is 3.30. The summed E-state index contributed by atoms with van der Waals surface area (Å²) in [6, 6.07) is 4.82. The number of carbonyl (C=O) groups excluding carboxylic acids is 1. The number of thiol groups is 1. The average molecular weight is 394 g/mol. The molecular formula is C13H7BrF3NO3S. The monoisotopic (exact) mass is 393 g/mol. The summed E-state index contributed by atoms with van der Waals surface area (Å²) in [6.45, 7) is 0. The molecule has 0 radical (unpaired) electrons. The molecule has 0 spiro atoms. The van der Waals surface area contributed by atoms with Gasteiger partial charge in [0, 0.05) is 5.69 Å². The maximum atomic E-state index is 13.9. The van der Waals surface area contributed by atoms with Crippen LogP contribution >= 0.6 is 15.9 Å². The summed E-state index contributed by atoms with van der Waals surface area (Å²) in [7, 11) is -3.32. The molecule has 0 heterocycles. The van der Waals surface area contributed by atoms with Gasteiger partial charge in [-0.15, -0.1) is 0 Å². The van der Waals surface area contributed by atoms with Crippen LogP contribution in [-0.2, 0) is 10.7 Å². The molecule has 9 heteroatoms. The maximum Gasteiger partial charge on any atom is 0.261 e. The van der Waals surface area contributed by atoms with Crippen molar-refractivity contribution in [2.45, 2.75) is 4.90 Å². The molecule has 1 amide bonds. The van der Waals surface area contributed by atoms with Crippen LogP contribution in [0.2, 0.25) is 0 Å². The zero-order chi connectivity index (χ0) is 16.4. The summed E-state index contributed by atoms with van der Waals surface area (Å²) in [5.74, 6) is -4.46. The number of anilines is 1. The predicted octanol–water partition coefficient (Wildman–Crippen LogP) is 3.09. The molecule has 0 atom stereocenters. The summed E-state index contributed by atoms with van der Waals surface area (Å²) in [5.41, 5.74) is -0.953. The maximum absolute atomic E-state index is 13.9. The zero-order valence-corrected chi connectivity index (χ0v) is 13.1. The van der Waals surface area contributed by atoms with E-state index < -0.39 is 44.5 Å². The van der Waals surface area contributed by atoms with Crippen molar-refractivity contribution in [1.82, 2.24) is 0 Å². The number of rotatable bonds is 3. The number of amides is 1. The van der Waals surface area contributed by atoms with Gasteiger partial charge in [-0.2, -0.15) is 0 Å². The van der Waals surface area contributed by atoms with Gasteiger partial charge in [-0.25, -0.2) is 21.6 Å². The SMILES string of the molecule is O=C(Nc1ccc(F)c(Br)c1)c1c(F)ccc([SH](=O)=O)c1F. The molecular weight excluding hydrogens is 387 g/mol. The number of hydrogen-bond donors (Lipinski definition) is 2.